The summed E-state index contributed by atoms with van der Waals surface area (Å²) in [6.07, 6.45) is 0. The molecule has 1 saturated heterocycles. The summed E-state index contributed by atoms with van der Waals surface area (Å²) in [6.45, 7) is 10.5. The third-order valence-electron chi connectivity index (χ3n) is 3.84. The van der Waals surface area contributed by atoms with Crippen molar-refractivity contribution in [2.75, 3.05) is 36.8 Å². The molecule has 1 fully saturated rings. The molecule has 0 saturated carbocycles. The number of hydrogen-bond acceptors (Lipinski definition) is 4. The number of carboxylic acids is 1. The molecule has 0 aliphatic carbocycles. The summed E-state index contributed by atoms with van der Waals surface area (Å²) in [7, 11) is 0. The van der Waals surface area contributed by atoms with Gasteiger partial charge in [0.1, 0.15) is 0 Å². The van der Waals surface area contributed by atoms with Crippen molar-refractivity contribution in [1.82, 2.24) is 4.90 Å². The molecule has 110 valence electrons. The zero-order valence-electron chi connectivity index (χ0n) is 12.4. The highest BCUT2D eigenvalue weighted by Gasteiger charge is 2.26. The SMILES string of the molecule is CC(C)(C)N1CCN(c2ccc(C(=O)O)cc2N)CC1. The van der Waals surface area contributed by atoms with Crippen LogP contribution < -0.4 is 10.6 Å². The van der Waals surface area contributed by atoms with Gasteiger partial charge in [-0.2, -0.15) is 0 Å². The van der Waals surface area contributed by atoms with Gasteiger partial charge in [-0.3, -0.25) is 4.90 Å². The molecular weight excluding hydrogens is 254 g/mol. The zero-order chi connectivity index (χ0) is 14.9. The molecule has 0 aromatic heterocycles. The first-order valence-electron chi connectivity index (χ1n) is 6.92. The third-order valence-corrected chi connectivity index (χ3v) is 3.84. The standard InChI is InChI=1S/C15H23N3O2/c1-15(2,3)18-8-6-17(7-9-18)13-5-4-11(14(19)20)10-12(13)16/h4-5,10H,6-9,16H2,1-3H3,(H,19,20). The predicted octanol–water partition coefficient (Wildman–Crippen LogP) is 1.89. The molecule has 0 bridgehead atoms. The van der Waals surface area contributed by atoms with Crippen molar-refractivity contribution in [1.29, 1.82) is 0 Å². The third kappa shape index (κ3) is 3.04. The second kappa shape index (κ2) is 5.32. The van der Waals surface area contributed by atoms with E-state index < -0.39 is 5.97 Å². The van der Waals surface area contributed by atoms with Gasteiger partial charge in [-0.1, -0.05) is 0 Å². The summed E-state index contributed by atoms with van der Waals surface area (Å²) >= 11 is 0. The van der Waals surface area contributed by atoms with Gasteiger partial charge in [0.2, 0.25) is 0 Å². The van der Waals surface area contributed by atoms with Crippen LogP contribution >= 0.6 is 0 Å². The van der Waals surface area contributed by atoms with E-state index in [9.17, 15) is 4.79 Å². The van der Waals surface area contributed by atoms with Gasteiger partial charge in [0.05, 0.1) is 16.9 Å². The van der Waals surface area contributed by atoms with Crippen molar-refractivity contribution < 1.29 is 9.90 Å². The van der Waals surface area contributed by atoms with Crippen LogP contribution in [0.25, 0.3) is 0 Å². The van der Waals surface area contributed by atoms with Gasteiger partial charge in [0, 0.05) is 31.7 Å². The van der Waals surface area contributed by atoms with Gasteiger partial charge in [0.15, 0.2) is 0 Å². The van der Waals surface area contributed by atoms with Crippen LogP contribution in [0, 0.1) is 0 Å². The van der Waals surface area contributed by atoms with Crippen LogP contribution in [-0.4, -0.2) is 47.7 Å². The lowest BCUT2D eigenvalue weighted by Crippen LogP contribution is -2.53. The lowest BCUT2D eigenvalue weighted by Gasteiger charge is -2.43. The first-order chi connectivity index (χ1) is 9.29. The van der Waals surface area contributed by atoms with Gasteiger partial charge in [0.25, 0.3) is 0 Å². The Morgan fingerprint density at radius 3 is 2.25 bits per heavy atom. The number of piperazine rings is 1. The van der Waals surface area contributed by atoms with E-state index in [4.69, 9.17) is 10.8 Å². The number of nitrogens with zero attached hydrogens (tertiary/aromatic N) is 2. The second-order valence-corrected chi connectivity index (χ2v) is 6.22. The zero-order valence-corrected chi connectivity index (χ0v) is 12.4. The number of nitrogens with two attached hydrogens (primary N) is 1. The number of carboxylic acid groups (broad SMARTS) is 1. The van der Waals surface area contributed by atoms with E-state index in [0.717, 1.165) is 31.9 Å². The summed E-state index contributed by atoms with van der Waals surface area (Å²) in [5.41, 5.74) is 7.88. The maximum absolute atomic E-state index is 10.9. The molecule has 0 radical (unpaired) electrons. The minimum atomic E-state index is -0.944. The molecule has 5 heteroatoms. The molecule has 3 N–H and O–H groups in total. The van der Waals surface area contributed by atoms with Gasteiger partial charge in [-0.05, 0) is 39.0 Å². The van der Waals surface area contributed by atoms with Crippen molar-refractivity contribution in [3.63, 3.8) is 0 Å². The Bertz CT molecular complexity index is 500. The summed E-state index contributed by atoms with van der Waals surface area (Å²) in [4.78, 5) is 15.6. The number of hydrogen-bond donors (Lipinski definition) is 2. The van der Waals surface area contributed by atoms with Crippen LogP contribution in [-0.2, 0) is 0 Å². The van der Waals surface area contributed by atoms with Gasteiger partial charge < -0.3 is 15.7 Å². The maximum Gasteiger partial charge on any atom is 0.335 e. The van der Waals surface area contributed by atoms with E-state index in [0.29, 0.717) is 5.69 Å². The molecule has 0 atom stereocenters. The topological polar surface area (TPSA) is 69.8 Å². The number of carbonyl (C=O) groups is 1. The molecule has 1 aromatic rings. The van der Waals surface area contributed by atoms with E-state index >= 15 is 0 Å². The van der Waals surface area contributed by atoms with E-state index in [2.05, 4.69) is 30.6 Å². The predicted molar refractivity (Wildman–Crippen MR) is 81.4 cm³/mol. The number of benzene rings is 1. The van der Waals surface area contributed by atoms with Gasteiger partial charge >= 0.3 is 5.97 Å². The van der Waals surface area contributed by atoms with Crippen molar-refractivity contribution in [3.05, 3.63) is 23.8 Å². The normalized spacial score (nSPS) is 17.2. The molecule has 1 aromatic carbocycles. The fraction of sp³-hybridized carbons (Fsp3) is 0.533. The fourth-order valence-electron chi connectivity index (χ4n) is 2.59. The molecule has 0 amide bonds. The number of anilines is 2. The number of aromatic carboxylic acids is 1. The van der Waals surface area contributed by atoms with Crippen molar-refractivity contribution >= 4 is 17.3 Å². The summed E-state index contributed by atoms with van der Waals surface area (Å²) in [6, 6.07) is 4.96. The average molecular weight is 277 g/mol. The Balaban J connectivity index is 2.09. The highest BCUT2D eigenvalue weighted by atomic mass is 16.4. The van der Waals surface area contributed by atoms with Crippen LogP contribution in [0.5, 0.6) is 0 Å². The van der Waals surface area contributed by atoms with Crippen LogP contribution in [0.15, 0.2) is 18.2 Å². The summed E-state index contributed by atoms with van der Waals surface area (Å²) < 4.78 is 0. The monoisotopic (exact) mass is 277 g/mol. The molecule has 5 nitrogen and oxygen atoms in total. The molecule has 0 spiro atoms. The largest absolute Gasteiger partial charge is 0.478 e. The highest BCUT2D eigenvalue weighted by molar-refractivity contribution is 5.90. The molecular formula is C15H23N3O2. The maximum atomic E-state index is 10.9. The van der Waals surface area contributed by atoms with Gasteiger partial charge in [-0.15, -0.1) is 0 Å². The molecule has 1 heterocycles. The fourth-order valence-corrected chi connectivity index (χ4v) is 2.59. The van der Waals surface area contributed by atoms with Gasteiger partial charge in [-0.25, -0.2) is 4.79 Å². The number of rotatable bonds is 2. The summed E-state index contributed by atoms with van der Waals surface area (Å²) in [5, 5.41) is 8.96. The first-order valence-corrected chi connectivity index (χ1v) is 6.92. The smallest absolute Gasteiger partial charge is 0.335 e. The van der Waals surface area contributed by atoms with Crippen molar-refractivity contribution in [2.45, 2.75) is 26.3 Å². The Labute approximate surface area is 120 Å². The molecule has 2 rings (SSSR count). The van der Waals surface area contributed by atoms with E-state index in [1.807, 2.05) is 6.07 Å². The molecule has 1 aliphatic rings. The lowest BCUT2D eigenvalue weighted by molar-refractivity contribution is 0.0697. The highest BCUT2D eigenvalue weighted by Crippen LogP contribution is 2.27. The molecule has 20 heavy (non-hydrogen) atoms. The van der Waals surface area contributed by atoms with E-state index in [1.165, 1.54) is 6.07 Å². The second-order valence-electron chi connectivity index (χ2n) is 6.22. The quantitative estimate of drug-likeness (QED) is 0.808. The Kier molecular flexibility index (Phi) is 3.90. The van der Waals surface area contributed by atoms with E-state index in [-0.39, 0.29) is 11.1 Å². The van der Waals surface area contributed by atoms with E-state index in [1.54, 1.807) is 6.07 Å². The van der Waals surface area contributed by atoms with Crippen LogP contribution in [0.4, 0.5) is 11.4 Å². The first kappa shape index (κ1) is 14.7. The van der Waals surface area contributed by atoms with Crippen LogP contribution in [0.1, 0.15) is 31.1 Å². The minimum absolute atomic E-state index is 0.185. The van der Waals surface area contributed by atoms with Crippen LogP contribution in [0.3, 0.4) is 0 Å². The Morgan fingerprint density at radius 1 is 1.20 bits per heavy atom. The van der Waals surface area contributed by atoms with Crippen molar-refractivity contribution in [2.24, 2.45) is 0 Å². The van der Waals surface area contributed by atoms with Crippen LogP contribution in [0.2, 0.25) is 0 Å². The minimum Gasteiger partial charge on any atom is -0.478 e. The van der Waals surface area contributed by atoms with Crippen molar-refractivity contribution in [3.8, 4) is 0 Å². The molecule has 0 unspecified atom stereocenters. The Hall–Kier alpha value is -1.75. The average Bonchev–Trinajstić information content (AvgIpc) is 2.37. The Morgan fingerprint density at radius 2 is 1.80 bits per heavy atom. The lowest BCUT2D eigenvalue weighted by atomic mass is 10.0. The molecule has 1 aliphatic heterocycles. The summed E-state index contributed by atoms with van der Waals surface area (Å²) in [5.74, 6) is -0.944. The number of nitrogen functional groups attached to an aromatic ring is 1.